The predicted octanol–water partition coefficient (Wildman–Crippen LogP) is 4.07. The average molecular weight is 368 g/mol. The minimum Gasteiger partial charge on any atom is -0.365 e. The van der Waals surface area contributed by atoms with Gasteiger partial charge in [0, 0.05) is 0 Å². The van der Waals surface area contributed by atoms with Gasteiger partial charge >= 0.3 is 0 Å². The lowest BCUT2D eigenvalue weighted by atomic mass is 9.58. The molecule has 1 aromatic carbocycles. The maximum absolute atomic E-state index is 6.68. The lowest BCUT2D eigenvalue weighted by molar-refractivity contribution is -0.240. The van der Waals surface area contributed by atoms with E-state index in [1.807, 2.05) is 32.0 Å². The van der Waals surface area contributed by atoms with Gasteiger partial charge in [0.25, 0.3) is 0 Å². The van der Waals surface area contributed by atoms with E-state index in [1.165, 1.54) is 0 Å². The standard InChI is InChI=1S/C23H28O4/c1-5-15-16(6-2)18-17(15)12-23(24-13-14-10-8-7-9-11-14)19(18)25-21-20(23)26-22(3,4)27-21/h5-11,15-21H,1-2,12-13H2,3-4H3/t15-,16-,17-,18+,19+,20-,21+,23+/m0/s1. The molecule has 144 valence electrons. The summed E-state index contributed by atoms with van der Waals surface area (Å²) in [6, 6.07) is 10.3. The van der Waals surface area contributed by atoms with Crippen LogP contribution in [0.2, 0.25) is 0 Å². The molecule has 0 amide bonds. The second-order valence-corrected chi connectivity index (χ2v) is 8.78. The second kappa shape index (κ2) is 6.02. The monoisotopic (exact) mass is 368 g/mol. The van der Waals surface area contributed by atoms with Crippen molar-refractivity contribution in [1.82, 2.24) is 0 Å². The van der Waals surface area contributed by atoms with Crippen LogP contribution in [0.25, 0.3) is 0 Å². The van der Waals surface area contributed by atoms with E-state index < -0.39 is 11.4 Å². The molecular weight excluding hydrogens is 340 g/mol. The third kappa shape index (κ3) is 2.44. The molecule has 4 nitrogen and oxygen atoms in total. The van der Waals surface area contributed by atoms with Crippen molar-refractivity contribution < 1.29 is 18.9 Å². The highest BCUT2D eigenvalue weighted by Crippen LogP contribution is 2.66. The van der Waals surface area contributed by atoms with Crippen molar-refractivity contribution >= 4 is 0 Å². The second-order valence-electron chi connectivity index (χ2n) is 8.78. The Hall–Kier alpha value is -1.46. The van der Waals surface area contributed by atoms with E-state index in [0.717, 1.165) is 12.0 Å². The molecular formula is C23H28O4. The molecule has 2 aliphatic heterocycles. The molecule has 0 bridgehead atoms. The van der Waals surface area contributed by atoms with Crippen molar-refractivity contribution in [3.63, 3.8) is 0 Å². The summed E-state index contributed by atoms with van der Waals surface area (Å²) in [5.41, 5.74) is 0.676. The van der Waals surface area contributed by atoms with Gasteiger partial charge in [0.2, 0.25) is 0 Å². The summed E-state index contributed by atoms with van der Waals surface area (Å²) in [5, 5.41) is 0. The van der Waals surface area contributed by atoms with Gasteiger partial charge in [-0.15, -0.1) is 13.2 Å². The van der Waals surface area contributed by atoms with Gasteiger partial charge in [0.15, 0.2) is 12.1 Å². The Morgan fingerprint density at radius 2 is 1.81 bits per heavy atom. The van der Waals surface area contributed by atoms with E-state index in [4.69, 9.17) is 18.9 Å². The van der Waals surface area contributed by atoms with Crippen LogP contribution in [0.5, 0.6) is 0 Å². The van der Waals surface area contributed by atoms with Gasteiger partial charge < -0.3 is 18.9 Å². The molecule has 2 heterocycles. The van der Waals surface area contributed by atoms with E-state index in [2.05, 4.69) is 37.4 Å². The third-order valence-electron chi connectivity index (χ3n) is 6.98. The highest BCUT2D eigenvalue weighted by molar-refractivity contribution is 5.25. The van der Waals surface area contributed by atoms with Crippen LogP contribution in [0.1, 0.15) is 25.8 Å². The van der Waals surface area contributed by atoms with Gasteiger partial charge in [-0.1, -0.05) is 42.5 Å². The molecule has 4 heteroatoms. The topological polar surface area (TPSA) is 36.9 Å². The highest BCUT2D eigenvalue weighted by Gasteiger charge is 2.75. The zero-order valence-electron chi connectivity index (χ0n) is 16.0. The van der Waals surface area contributed by atoms with Gasteiger partial charge in [0.1, 0.15) is 11.7 Å². The largest absolute Gasteiger partial charge is 0.365 e. The summed E-state index contributed by atoms with van der Waals surface area (Å²) >= 11 is 0. The molecule has 0 N–H and O–H groups in total. The Bertz CT molecular complexity index is 744. The quantitative estimate of drug-likeness (QED) is 0.734. The number of hydrogen-bond acceptors (Lipinski definition) is 4. The van der Waals surface area contributed by atoms with Crippen molar-refractivity contribution in [2.75, 3.05) is 0 Å². The first-order valence-corrected chi connectivity index (χ1v) is 9.93. The summed E-state index contributed by atoms with van der Waals surface area (Å²) in [4.78, 5) is 0. The third-order valence-corrected chi connectivity index (χ3v) is 6.98. The predicted molar refractivity (Wildman–Crippen MR) is 102 cm³/mol. The number of ether oxygens (including phenoxy) is 4. The van der Waals surface area contributed by atoms with Crippen molar-refractivity contribution in [1.29, 1.82) is 0 Å². The Morgan fingerprint density at radius 1 is 1.07 bits per heavy atom. The van der Waals surface area contributed by atoms with E-state index in [9.17, 15) is 0 Å². The zero-order chi connectivity index (χ0) is 18.8. The van der Waals surface area contributed by atoms with E-state index in [1.54, 1.807) is 0 Å². The first-order chi connectivity index (χ1) is 13.0. The van der Waals surface area contributed by atoms with Crippen LogP contribution in [-0.4, -0.2) is 29.9 Å². The molecule has 27 heavy (non-hydrogen) atoms. The molecule has 0 aromatic heterocycles. The lowest BCUT2D eigenvalue weighted by Crippen LogP contribution is -2.50. The Labute approximate surface area is 161 Å². The van der Waals surface area contributed by atoms with Gasteiger partial charge in [-0.2, -0.15) is 0 Å². The maximum Gasteiger partial charge on any atom is 0.190 e. The Kier molecular flexibility index (Phi) is 3.93. The molecule has 0 radical (unpaired) electrons. The number of rotatable bonds is 5. The van der Waals surface area contributed by atoms with Crippen LogP contribution in [0.4, 0.5) is 0 Å². The smallest absolute Gasteiger partial charge is 0.190 e. The fraction of sp³-hybridized carbons (Fsp3) is 0.565. The van der Waals surface area contributed by atoms with Crippen LogP contribution in [0, 0.1) is 23.7 Å². The number of benzene rings is 1. The first kappa shape index (κ1) is 17.6. The van der Waals surface area contributed by atoms with Crippen LogP contribution in [-0.2, 0) is 25.6 Å². The maximum atomic E-state index is 6.68. The molecule has 0 unspecified atom stereocenters. The van der Waals surface area contributed by atoms with Crippen LogP contribution < -0.4 is 0 Å². The van der Waals surface area contributed by atoms with Crippen molar-refractivity contribution in [3.8, 4) is 0 Å². The fourth-order valence-corrected chi connectivity index (χ4v) is 5.90. The Balaban J connectivity index is 1.47. The lowest BCUT2D eigenvalue weighted by Gasteiger charge is -2.47. The minimum atomic E-state index is -0.652. The molecule has 4 aliphatic rings. The summed E-state index contributed by atoms with van der Waals surface area (Å²) in [5.74, 6) is 1.06. The molecule has 4 fully saturated rings. The first-order valence-electron chi connectivity index (χ1n) is 9.93. The summed E-state index contributed by atoms with van der Waals surface area (Å²) in [6.07, 6.45) is 4.45. The summed E-state index contributed by atoms with van der Waals surface area (Å²) < 4.78 is 25.5. The van der Waals surface area contributed by atoms with E-state index in [0.29, 0.717) is 30.3 Å². The van der Waals surface area contributed by atoms with Crippen LogP contribution in [0.3, 0.4) is 0 Å². The summed E-state index contributed by atoms with van der Waals surface area (Å²) in [7, 11) is 0. The number of fused-ring (bicyclic) bond motifs is 5. The van der Waals surface area contributed by atoms with Crippen molar-refractivity contribution in [2.24, 2.45) is 23.7 Å². The zero-order valence-corrected chi connectivity index (χ0v) is 16.0. The molecule has 2 saturated heterocycles. The Morgan fingerprint density at radius 3 is 2.52 bits per heavy atom. The molecule has 1 aromatic rings. The number of allylic oxidation sites excluding steroid dienone is 2. The van der Waals surface area contributed by atoms with Crippen LogP contribution >= 0.6 is 0 Å². The van der Waals surface area contributed by atoms with Crippen molar-refractivity contribution in [2.45, 2.75) is 56.8 Å². The van der Waals surface area contributed by atoms with Gasteiger partial charge in [-0.3, -0.25) is 0 Å². The minimum absolute atomic E-state index is 0.0310. The van der Waals surface area contributed by atoms with E-state index >= 15 is 0 Å². The molecule has 2 saturated carbocycles. The SMILES string of the molecule is C=C[C@H]1[C@H](C=C)[C@@H]2[C@H]1C[C@@]1(OCc3ccccc3)[C@@H]2O[C@@H]2OC(C)(C)O[C@@H]21. The van der Waals surface area contributed by atoms with Gasteiger partial charge in [-0.05, 0) is 49.5 Å². The van der Waals surface area contributed by atoms with E-state index in [-0.39, 0.29) is 18.5 Å². The van der Waals surface area contributed by atoms with Crippen molar-refractivity contribution in [3.05, 3.63) is 61.2 Å². The number of hydrogen-bond donors (Lipinski definition) is 0. The highest BCUT2D eigenvalue weighted by atomic mass is 16.8. The summed E-state index contributed by atoms with van der Waals surface area (Å²) in [6.45, 7) is 12.5. The fourth-order valence-electron chi connectivity index (χ4n) is 5.90. The molecule has 2 aliphatic carbocycles. The molecule has 5 rings (SSSR count). The average Bonchev–Trinajstić information content (AvgIpc) is 3.18. The van der Waals surface area contributed by atoms with Crippen LogP contribution in [0.15, 0.2) is 55.6 Å². The normalized spacial score (nSPS) is 46.2. The van der Waals surface area contributed by atoms with Gasteiger partial charge in [-0.25, -0.2) is 0 Å². The molecule has 8 atom stereocenters. The molecule has 0 spiro atoms. The van der Waals surface area contributed by atoms with Gasteiger partial charge in [0.05, 0.1) is 12.7 Å².